The Morgan fingerprint density at radius 3 is 2.54 bits per heavy atom. The summed E-state index contributed by atoms with van der Waals surface area (Å²) in [5.74, 6) is 4.54. The van der Waals surface area contributed by atoms with Gasteiger partial charge in [0.15, 0.2) is 0 Å². The van der Waals surface area contributed by atoms with Gasteiger partial charge in [0.1, 0.15) is 0 Å². The Morgan fingerprint density at radius 1 is 1.21 bits per heavy atom. The molecule has 3 saturated carbocycles. The van der Waals surface area contributed by atoms with Gasteiger partial charge >= 0.3 is 0 Å². The van der Waals surface area contributed by atoms with Crippen LogP contribution in [0.25, 0.3) is 10.6 Å². The highest BCUT2D eigenvalue weighted by atomic mass is 15.0. The summed E-state index contributed by atoms with van der Waals surface area (Å²) in [5.41, 5.74) is 1.83. The lowest BCUT2D eigenvalue weighted by Crippen LogP contribution is -2.60. The van der Waals surface area contributed by atoms with Crippen molar-refractivity contribution in [2.24, 2.45) is 35.5 Å². The van der Waals surface area contributed by atoms with Gasteiger partial charge < -0.3 is 10.6 Å². The van der Waals surface area contributed by atoms with Gasteiger partial charge in [-0.3, -0.25) is 0 Å². The Balaban J connectivity index is 1.99. The Kier molecular flexibility index (Phi) is 4.94. The molecule has 3 rings (SSSR count). The molecule has 0 aromatic rings. The molecule has 24 heavy (non-hydrogen) atoms. The standard InChI is InChI=1S/C22H38N2/c1-14-10-11-22(24-7)16(3)8-9-18-15(2)12-17(19(14)20(18)22)13-21(4,5)23-6/h15-20H,1,8-13H2,2-7H3/q-2/t15-,16-,17-,18?,19+,20?,22-/m1/s1. The van der Waals surface area contributed by atoms with Crippen LogP contribution < -0.4 is 0 Å². The molecule has 138 valence electrons. The number of hydrogen-bond acceptors (Lipinski definition) is 0. The third kappa shape index (κ3) is 2.78. The summed E-state index contributed by atoms with van der Waals surface area (Å²) in [6.07, 6.45) is 7.75. The molecule has 7 atom stereocenters. The molecule has 3 aliphatic rings. The SMILES string of the molecule is C=C1CC[C@]2([N-]C)C3C(CC[C@H]2C)[C@H](C)C[C@H](CC(C)(C)[N-]C)[C@H]13. The normalized spacial score (nSPS) is 45.8. The molecule has 0 aromatic carbocycles. The Hall–Kier alpha value is -0.340. The summed E-state index contributed by atoms with van der Waals surface area (Å²) >= 11 is 0. The summed E-state index contributed by atoms with van der Waals surface area (Å²) in [4.78, 5) is 0. The third-order valence-corrected chi connectivity index (χ3v) is 8.23. The van der Waals surface area contributed by atoms with Gasteiger partial charge in [-0.25, -0.2) is 0 Å². The molecule has 0 N–H and O–H groups in total. The van der Waals surface area contributed by atoms with Crippen LogP contribution in [0.5, 0.6) is 0 Å². The van der Waals surface area contributed by atoms with Gasteiger partial charge in [0, 0.05) is 0 Å². The molecular formula is C22H38N2-2. The zero-order chi connectivity index (χ0) is 17.7. The Bertz CT molecular complexity index is 482. The van der Waals surface area contributed by atoms with E-state index in [0.717, 1.165) is 29.6 Å². The molecule has 0 bridgehead atoms. The molecule has 0 heterocycles. The first-order valence-electron chi connectivity index (χ1n) is 10.2. The molecule has 0 aliphatic heterocycles. The van der Waals surface area contributed by atoms with Crippen LogP contribution >= 0.6 is 0 Å². The zero-order valence-electron chi connectivity index (χ0n) is 16.8. The molecule has 0 radical (unpaired) electrons. The van der Waals surface area contributed by atoms with Crippen LogP contribution in [0.1, 0.15) is 66.2 Å². The van der Waals surface area contributed by atoms with E-state index in [1.165, 1.54) is 44.1 Å². The van der Waals surface area contributed by atoms with Gasteiger partial charge in [0.05, 0.1) is 0 Å². The smallest absolute Gasteiger partial charge is 0.0158 e. The molecule has 0 aromatic heterocycles. The zero-order valence-corrected chi connectivity index (χ0v) is 16.8. The molecule has 2 heteroatoms. The van der Waals surface area contributed by atoms with E-state index in [1.54, 1.807) is 0 Å². The largest absolute Gasteiger partial charge is 0.660 e. The maximum absolute atomic E-state index is 5.12. The van der Waals surface area contributed by atoms with E-state index < -0.39 is 0 Å². The monoisotopic (exact) mass is 330 g/mol. The van der Waals surface area contributed by atoms with Crippen LogP contribution in [-0.4, -0.2) is 25.2 Å². The minimum atomic E-state index is 0.0846. The second kappa shape index (κ2) is 6.43. The van der Waals surface area contributed by atoms with E-state index >= 15 is 0 Å². The van der Waals surface area contributed by atoms with Crippen molar-refractivity contribution in [1.82, 2.24) is 0 Å². The van der Waals surface area contributed by atoms with Gasteiger partial charge in [-0.15, -0.1) is 11.1 Å². The van der Waals surface area contributed by atoms with E-state index in [1.807, 2.05) is 7.05 Å². The summed E-state index contributed by atoms with van der Waals surface area (Å²) < 4.78 is 0. The van der Waals surface area contributed by atoms with Crippen molar-refractivity contribution in [3.8, 4) is 0 Å². The van der Waals surface area contributed by atoms with E-state index in [9.17, 15) is 0 Å². The lowest BCUT2D eigenvalue weighted by Gasteiger charge is -2.69. The van der Waals surface area contributed by atoms with Gasteiger partial charge in [-0.2, -0.15) is 14.1 Å². The second-order valence-electron chi connectivity index (χ2n) is 9.78. The first-order valence-corrected chi connectivity index (χ1v) is 10.2. The van der Waals surface area contributed by atoms with Crippen LogP contribution in [0.4, 0.5) is 0 Å². The molecule has 2 unspecified atom stereocenters. The summed E-state index contributed by atoms with van der Waals surface area (Å²) in [6.45, 7) is 14.2. The number of nitrogens with zero attached hydrogens (tertiary/aromatic N) is 2. The van der Waals surface area contributed by atoms with Crippen LogP contribution in [0.3, 0.4) is 0 Å². The van der Waals surface area contributed by atoms with Gasteiger partial charge in [0.25, 0.3) is 0 Å². The minimum Gasteiger partial charge on any atom is -0.660 e. The van der Waals surface area contributed by atoms with Crippen LogP contribution in [0.2, 0.25) is 0 Å². The Labute approximate surface area is 150 Å². The van der Waals surface area contributed by atoms with Gasteiger partial charge in [-0.1, -0.05) is 65.0 Å². The highest BCUT2D eigenvalue weighted by molar-refractivity contribution is 5.27. The topological polar surface area (TPSA) is 28.2 Å². The lowest BCUT2D eigenvalue weighted by atomic mass is 9.44. The second-order valence-corrected chi connectivity index (χ2v) is 9.78. The van der Waals surface area contributed by atoms with Crippen LogP contribution in [-0.2, 0) is 0 Å². The third-order valence-electron chi connectivity index (χ3n) is 8.23. The van der Waals surface area contributed by atoms with Crippen molar-refractivity contribution in [3.63, 3.8) is 0 Å². The van der Waals surface area contributed by atoms with Crippen molar-refractivity contribution >= 4 is 0 Å². The highest BCUT2D eigenvalue weighted by Gasteiger charge is 2.54. The average Bonchev–Trinajstić information content (AvgIpc) is 2.54. The predicted octanol–water partition coefficient (Wildman–Crippen LogP) is 6.19. The van der Waals surface area contributed by atoms with Crippen molar-refractivity contribution in [1.29, 1.82) is 0 Å². The van der Waals surface area contributed by atoms with Gasteiger partial charge in [-0.05, 0) is 48.9 Å². The molecule has 3 aliphatic carbocycles. The van der Waals surface area contributed by atoms with Crippen molar-refractivity contribution in [3.05, 3.63) is 22.8 Å². The van der Waals surface area contributed by atoms with E-state index in [4.69, 9.17) is 5.32 Å². The van der Waals surface area contributed by atoms with Crippen molar-refractivity contribution in [2.75, 3.05) is 14.1 Å². The summed E-state index contributed by atoms with van der Waals surface area (Å²) in [5, 5.41) is 9.79. The summed E-state index contributed by atoms with van der Waals surface area (Å²) in [6, 6.07) is 0. The van der Waals surface area contributed by atoms with Crippen molar-refractivity contribution < 1.29 is 0 Å². The molecule has 0 saturated heterocycles. The number of hydrogen-bond donors (Lipinski definition) is 0. The fraction of sp³-hybridized carbons (Fsp3) is 0.909. The molecule has 3 fully saturated rings. The quantitative estimate of drug-likeness (QED) is 0.550. The van der Waals surface area contributed by atoms with E-state index in [0.29, 0.717) is 5.92 Å². The molecule has 0 amide bonds. The molecular weight excluding hydrogens is 292 g/mol. The maximum atomic E-state index is 5.12. The Morgan fingerprint density at radius 2 is 1.92 bits per heavy atom. The molecule has 2 nitrogen and oxygen atoms in total. The first kappa shape index (κ1) is 18.5. The van der Waals surface area contributed by atoms with Crippen LogP contribution in [0.15, 0.2) is 12.2 Å². The first-order chi connectivity index (χ1) is 11.3. The van der Waals surface area contributed by atoms with Crippen LogP contribution in [0, 0.1) is 35.5 Å². The lowest BCUT2D eigenvalue weighted by molar-refractivity contribution is -0.0568. The maximum Gasteiger partial charge on any atom is -0.0158 e. The number of rotatable bonds is 4. The average molecular weight is 331 g/mol. The highest BCUT2D eigenvalue weighted by Crippen LogP contribution is 2.63. The fourth-order valence-corrected chi connectivity index (χ4v) is 6.83. The fourth-order valence-electron chi connectivity index (χ4n) is 6.83. The predicted molar refractivity (Wildman–Crippen MR) is 105 cm³/mol. The number of allylic oxidation sites excluding steroid dienone is 1. The summed E-state index contributed by atoms with van der Waals surface area (Å²) in [7, 11) is 4.09. The van der Waals surface area contributed by atoms with Gasteiger partial charge in [0.2, 0.25) is 0 Å². The van der Waals surface area contributed by atoms with E-state index in [-0.39, 0.29) is 11.1 Å². The van der Waals surface area contributed by atoms with E-state index in [2.05, 4.69) is 46.6 Å². The minimum absolute atomic E-state index is 0.0846. The molecule has 0 spiro atoms. The van der Waals surface area contributed by atoms with Crippen molar-refractivity contribution in [2.45, 2.75) is 77.3 Å².